The molecule has 96 valence electrons. The van der Waals surface area contributed by atoms with Gasteiger partial charge in [0.15, 0.2) is 0 Å². The zero-order chi connectivity index (χ0) is 13.2. The molecule has 0 aliphatic heterocycles. The van der Waals surface area contributed by atoms with Crippen LogP contribution in [0.25, 0.3) is 21.3 Å². The van der Waals surface area contributed by atoms with Crippen LogP contribution in [-0.4, -0.2) is 17.0 Å². The van der Waals surface area contributed by atoms with Gasteiger partial charge in [0.1, 0.15) is 5.01 Å². The first-order chi connectivity index (χ1) is 9.29. The van der Waals surface area contributed by atoms with Gasteiger partial charge in [-0.1, -0.05) is 24.3 Å². The molecule has 19 heavy (non-hydrogen) atoms. The molecule has 0 aliphatic rings. The molecule has 3 nitrogen and oxygen atoms in total. The summed E-state index contributed by atoms with van der Waals surface area (Å²) >= 11 is 1.67. The van der Waals surface area contributed by atoms with Crippen molar-refractivity contribution in [1.82, 2.24) is 15.3 Å². The van der Waals surface area contributed by atoms with E-state index in [4.69, 9.17) is 4.98 Å². The van der Waals surface area contributed by atoms with Crippen LogP contribution in [0.5, 0.6) is 0 Å². The summed E-state index contributed by atoms with van der Waals surface area (Å²) in [4.78, 5) is 9.03. The van der Waals surface area contributed by atoms with Crippen LogP contribution in [0.2, 0.25) is 0 Å². The molecule has 2 aromatic heterocycles. The standard InChI is InChI=1S/C15H15N3S/c1-10(16-2)14-9-19-15(18-14)13-8-17-7-11-5-3-4-6-12(11)13/h3-10,16H,1-2H3. The zero-order valence-electron chi connectivity index (χ0n) is 10.9. The summed E-state index contributed by atoms with van der Waals surface area (Å²) in [6, 6.07) is 8.56. The summed E-state index contributed by atoms with van der Waals surface area (Å²) in [5.74, 6) is 0. The second kappa shape index (κ2) is 5.07. The van der Waals surface area contributed by atoms with Crippen molar-refractivity contribution in [3.8, 4) is 10.6 Å². The molecule has 4 heteroatoms. The predicted octanol–water partition coefficient (Wildman–Crippen LogP) is 3.64. The van der Waals surface area contributed by atoms with Gasteiger partial charge in [-0.25, -0.2) is 4.98 Å². The van der Waals surface area contributed by atoms with E-state index in [1.165, 1.54) is 5.39 Å². The van der Waals surface area contributed by atoms with Crippen LogP contribution in [0.15, 0.2) is 42.0 Å². The lowest BCUT2D eigenvalue weighted by atomic mass is 10.1. The van der Waals surface area contributed by atoms with Gasteiger partial charge in [0.2, 0.25) is 0 Å². The minimum Gasteiger partial charge on any atom is -0.312 e. The monoisotopic (exact) mass is 269 g/mol. The van der Waals surface area contributed by atoms with Crippen LogP contribution in [-0.2, 0) is 0 Å². The van der Waals surface area contributed by atoms with Crippen LogP contribution >= 0.6 is 11.3 Å². The smallest absolute Gasteiger partial charge is 0.125 e. The molecular formula is C15H15N3S. The highest BCUT2D eigenvalue weighted by atomic mass is 32.1. The van der Waals surface area contributed by atoms with Crippen LogP contribution in [0, 0.1) is 0 Å². The third-order valence-electron chi connectivity index (χ3n) is 3.30. The van der Waals surface area contributed by atoms with Crippen molar-refractivity contribution in [2.45, 2.75) is 13.0 Å². The largest absolute Gasteiger partial charge is 0.312 e. The lowest BCUT2D eigenvalue weighted by Gasteiger charge is -2.05. The molecule has 1 aromatic carbocycles. The Hall–Kier alpha value is -1.78. The van der Waals surface area contributed by atoms with E-state index in [0.29, 0.717) is 0 Å². The van der Waals surface area contributed by atoms with Crippen molar-refractivity contribution < 1.29 is 0 Å². The third-order valence-corrected chi connectivity index (χ3v) is 4.19. The van der Waals surface area contributed by atoms with E-state index >= 15 is 0 Å². The minimum absolute atomic E-state index is 0.271. The van der Waals surface area contributed by atoms with Gasteiger partial charge in [0.25, 0.3) is 0 Å². The molecule has 2 heterocycles. The van der Waals surface area contributed by atoms with E-state index in [1.807, 2.05) is 25.5 Å². The van der Waals surface area contributed by atoms with Crippen molar-refractivity contribution in [2.75, 3.05) is 7.05 Å². The fraction of sp³-hybridized carbons (Fsp3) is 0.200. The van der Waals surface area contributed by atoms with E-state index in [9.17, 15) is 0 Å². The molecule has 0 aliphatic carbocycles. The predicted molar refractivity (Wildman–Crippen MR) is 80.3 cm³/mol. The van der Waals surface area contributed by atoms with E-state index in [-0.39, 0.29) is 6.04 Å². The van der Waals surface area contributed by atoms with Gasteiger partial charge < -0.3 is 5.32 Å². The molecule has 1 N–H and O–H groups in total. The van der Waals surface area contributed by atoms with Gasteiger partial charge >= 0.3 is 0 Å². The van der Waals surface area contributed by atoms with Gasteiger partial charge in [0.05, 0.1) is 5.69 Å². The van der Waals surface area contributed by atoms with E-state index in [2.05, 4.69) is 40.8 Å². The van der Waals surface area contributed by atoms with Gasteiger partial charge in [-0.05, 0) is 19.4 Å². The molecule has 0 saturated heterocycles. The quantitative estimate of drug-likeness (QED) is 0.789. The highest BCUT2D eigenvalue weighted by Crippen LogP contribution is 2.31. The van der Waals surface area contributed by atoms with E-state index in [1.54, 1.807) is 11.3 Å². The van der Waals surface area contributed by atoms with Crippen molar-refractivity contribution in [3.63, 3.8) is 0 Å². The Balaban J connectivity index is 2.12. The average molecular weight is 269 g/mol. The number of rotatable bonds is 3. The Bertz CT molecular complexity index is 700. The summed E-state index contributed by atoms with van der Waals surface area (Å²) in [7, 11) is 1.95. The lowest BCUT2D eigenvalue weighted by Crippen LogP contribution is -2.12. The number of aromatic nitrogens is 2. The first kappa shape index (κ1) is 12.3. The maximum atomic E-state index is 4.72. The molecule has 0 saturated carbocycles. The van der Waals surface area contributed by atoms with E-state index < -0.39 is 0 Å². The molecule has 0 radical (unpaired) electrons. The first-order valence-electron chi connectivity index (χ1n) is 6.25. The Morgan fingerprint density at radius 1 is 1.21 bits per heavy atom. The summed E-state index contributed by atoms with van der Waals surface area (Å²) in [6.07, 6.45) is 3.79. The summed E-state index contributed by atoms with van der Waals surface area (Å²) in [5, 5.41) is 8.71. The number of benzene rings is 1. The zero-order valence-corrected chi connectivity index (χ0v) is 11.7. The van der Waals surface area contributed by atoms with Crippen molar-refractivity contribution in [1.29, 1.82) is 0 Å². The van der Waals surface area contributed by atoms with Crippen molar-refractivity contribution >= 4 is 22.1 Å². The van der Waals surface area contributed by atoms with Crippen molar-refractivity contribution in [3.05, 3.63) is 47.7 Å². The van der Waals surface area contributed by atoms with Crippen LogP contribution < -0.4 is 5.32 Å². The maximum Gasteiger partial charge on any atom is 0.125 e. The Labute approximate surface area is 116 Å². The van der Waals surface area contributed by atoms with Gasteiger partial charge in [-0.3, -0.25) is 4.98 Å². The number of nitrogens with zero attached hydrogens (tertiary/aromatic N) is 2. The summed E-state index contributed by atoms with van der Waals surface area (Å²) in [5.41, 5.74) is 2.19. The summed E-state index contributed by atoms with van der Waals surface area (Å²) in [6.45, 7) is 2.11. The average Bonchev–Trinajstić information content (AvgIpc) is 2.95. The van der Waals surface area contributed by atoms with Crippen molar-refractivity contribution in [2.24, 2.45) is 0 Å². The number of nitrogens with one attached hydrogen (secondary N) is 1. The van der Waals surface area contributed by atoms with Crippen LogP contribution in [0.3, 0.4) is 0 Å². The molecule has 0 bridgehead atoms. The van der Waals surface area contributed by atoms with Gasteiger partial charge in [0, 0.05) is 34.8 Å². The molecule has 1 unspecified atom stereocenters. The molecule has 1 atom stereocenters. The van der Waals surface area contributed by atoms with Crippen LogP contribution in [0.4, 0.5) is 0 Å². The Kier molecular flexibility index (Phi) is 3.27. The number of hydrogen-bond donors (Lipinski definition) is 1. The van der Waals surface area contributed by atoms with Crippen LogP contribution in [0.1, 0.15) is 18.7 Å². The second-order valence-corrected chi connectivity index (χ2v) is 5.35. The maximum absolute atomic E-state index is 4.72. The molecule has 0 fully saturated rings. The third kappa shape index (κ3) is 2.25. The minimum atomic E-state index is 0.271. The molecule has 3 rings (SSSR count). The highest BCUT2D eigenvalue weighted by Gasteiger charge is 2.11. The molecular weight excluding hydrogens is 254 g/mol. The Morgan fingerprint density at radius 2 is 2.05 bits per heavy atom. The van der Waals surface area contributed by atoms with E-state index in [0.717, 1.165) is 21.7 Å². The van der Waals surface area contributed by atoms with Gasteiger partial charge in [-0.15, -0.1) is 11.3 Å². The number of pyridine rings is 1. The number of thiazole rings is 1. The van der Waals surface area contributed by atoms with Gasteiger partial charge in [-0.2, -0.15) is 0 Å². The first-order valence-corrected chi connectivity index (χ1v) is 7.13. The fourth-order valence-corrected chi connectivity index (χ4v) is 2.98. The molecule has 0 amide bonds. The molecule has 3 aromatic rings. The normalized spacial score (nSPS) is 12.7. The number of hydrogen-bond acceptors (Lipinski definition) is 4. The topological polar surface area (TPSA) is 37.8 Å². The number of fused-ring (bicyclic) bond motifs is 1. The summed E-state index contributed by atoms with van der Waals surface area (Å²) < 4.78 is 0. The SMILES string of the molecule is CNC(C)c1csc(-c2cncc3ccccc23)n1. The molecule has 0 spiro atoms. The lowest BCUT2D eigenvalue weighted by molar-refractivity contribution is 0.637. The Morgan fingerprint density at radius 3 is 2.89 bits per heavy atom. The second-order valence-electron chi connectivity index (χ2n) is 4.50. The fourth-order valence-electron chi connectivity index (χ4n) is 2.04. The highest BCUT2D eigenvalue weighted by molar-refractivity contribution is 7.13.